The number of anilines is 1. The zero-order valence-corrected chi connectivity index (χ0v) is 11.2. The Kier molecular flexibility index (Phi) is 4.13. The fraction of sp³-hybridized carbons (Fsp3) is 0.0769. The Hall–Kier alpha value is -2.65. The number of pyridine rings is 1. The molecule has 0 aromatic carbocycles. The summed E-state index contributed by atoms with van der Waals surface area (Å²) in [6.07, 6.45) is 2.71. The highest BCUT2D eigenvalue weighted by Crippen LogP contribution is 2.15. The Morgan fingerprint density at radius 2 is 2.15 bits per heavy atom. The van der Waals surface area contributed by atoms with Gasteiger partial charge in [0, 0.05) is 6.20 Å². The number of nitrogen functional groups attached to an aromatic ring is 1. The zero-order chi connectivity index (χ0) is 14.5. The molecule has 2 aromatic rings. The molecule has 6 nitrogen and oxygen atoms in total. The van der Waals surface area contributed by atoms with Gasteiger partial charge in [0.05, 0.1) is 12.7 Å². The molecule has 0 radical (unpaired) electrons. The normalized spacial score (nSPS) is 9.50. The molecule has 0 unspecified atom stereocenters. The van der Waals surface area contributed by atoms with Gasteiger partial charge in [-0.3, -0.25) is 0 Å². The smallest absolute Gasteiger partial charge is 0.338 e. The van der Waals surface area contributed by atoms with Crippen molar-refractivity contribution in [3.63, 3.8) is 0 Å². The summed E-state index contributed by atoms with van der Waals surface area (Å²) < 4.78 is 4.62. The van der Waals surface area contributed by atoms with Crippen LogP contribution >= 0.6 is 11.6 Å². The maximum absolute atomic E-state index is 11.4. The maximum Gasteiger partial charge on any atom is 0.338 e. The molecule has 0 amide bonds. The average Bonchev–Trinajstić information content (AvgIpc) is 2.46. The predicted octanol–water partition coefficient (Wildman–Crippen LogP) is 1.29. The lowest BCUT2D eigenvalue weighted by molar-refractivity contribution is 0.0600. The summed E-state index contributed by atoms with van der Waals surface area (Å²) in [6.45, 7) is 0. The quantitative estimate of drug-likeness (QED) is 0.483. The number of ether oxygens (including phenoxy) is 1. The second kappa shape index (κ2) is 5.99. The number of aromatic nitrogens is 3. The highest BCUT2D eigenvalue weighted by molar-refractivity contribution is 6.30. The van der Waals surface area contributed by atoms with Gasteiger partial charge in [0.1, 0.15) is 28.6 Å². The zero-order valence-electron chi connectivity index (χ0n) is 10.4. The van der Waals surface area contributed by atoms with E-state index >= 15 is 0 Å². The number of methoxy groups -OCH3 is 1. The van der Waals surface area contributed by atoms with Gasteiger partial charge in [-0.05, 0) is 18.1 Å². The largest absolute Gasteiger partial charge is 0.465 e. The molecule has 0 spiro atoms. The summed E-state index contributed by atoms with van der Waals surface area (Å²) in [5, 5.41) is 0.161. The van der Waals surface area contributed by atoms with Crippen LogP contribution in [0.25, 0.3) is 0 Å². The Morgan fingerprint density at radius 3 is 2.85 bits per heavy atom. The first-order chi connectivity index (χ1) is 9.61. The molecule has 2 aromatic heterocycles. The van der Waals surface area contributed by atoms with E-state index in [9.17, 15) is 4.79 Å². The standard InChI is InChI=1S/C13H9ClN4O2/c1-20-13(19)8-4-5-16-9(6-8)2-3-10-11(14)17-7-18-12(10)15/h4-7H,1H3,(H2,15,17,18). The number of nitrogens with zero attached hydrogens (tertiary/aromatic N) is 3. The Morgan fingerprint density at radius 1 is 1.35 bits per heavy atom. The second-order valence-corrected chi connectivity index (χ2v) is 3.95. The van der Waals surface area contributed by atoms with Gasteiger partial charge in [0.15, 0.2) is 0 Å². The van der Waals surface area contributed by atoms with Crippen LogP contribution in [0.5, 0.6) is 0 Å². The van der Waals surface area contributed by atoms with Gasteiger partial charge in [-0.25, -0.2) is 19.7 Å². The molecule has 0 aliphatic heterocycles. The average molecular weight is 289 g/mol. The second-order valence-electron chi connectivity index (χ2n) is 3.60. The highest BCUT2D eigenvalue weighted by Gasteiger charge is 2.06. The minimum atomic E-state index is -0.462. The summed E-state index contributed by atoms with van der Waals surface area (Å²) in [5.41, 5.74) is 6.71. The van der Waals surface area contributed by atoms with Crippen molar-refractivity contribution < 1.29 is 9.53 Å². The van der Waals surface area contributed by atoms with Gasteiger partial charge in [0.25, 0.3) is 0 Å². The molecule has 7 heteroatoms. The van der Waals surface area contributed by atoms with Crippen molar-refractivity contribution in [1.82, 2.24) is 15.0 Å². The molecule has 2 rings (SSSR count). The molecule has 20 heavy (non-hydrogen) atoms. The van der Waals surface area contributed by atoms with E-state index in [1.54, 1.807) is 0 Å². The van der Waals surface area contributed by atoms with Crippen LogP contribution in [0, 0.1) is 11.8 Å². The number of carbonyl (C=O) groups excluding carboxylic acids is 1. The van der Waals surface area contributed by atoms with Gasteiger partial charge in [-0.15, -0.1) is 0 Å². The molecular formula is C13H9ClN4O2. The van der Waals surface area contributed by atoms with Crippen LogP contribution in [-0.4, -0.2) is 28.0 Å². The molecule has 2 N–H and O–H groups in total. The van der Waals surface area contributed by atoms with Crippen LogP contribution in [-0.2, 0) is 4.74 Å². The van der Waals surface area contributed by atoms with Crippen molar-refractivity contribution in [3.8, 4) is 11.8 Å². The van der Waals surface area contributed by atoms with Crippen molar-refractivity contribution in [3.05, 3.63) is 46.6 Å². The number of hydrogen-bond donors (Lipinski definition) is 1. The van der Waals surface area contributed by atoms with Crippen LogP contribution in [0.3, 0.4) is 0 Å². The van der Waals surface area contributed by atoms with E-state index in [0.717, 1.165) is 0 Å². The topological polar surface area (TPSA) is 91.0 Å². The van der Waals surface area contributed by atoms with E-state index in [0.29, 0.717) is 16.8 Å². The number of hydrogen-bond acceptors (Lipinski definition) is 6. The molecule has 0 aliphatic carbocycles. The monoisotopic (exact) mass is 288 g/mol. The fourth-order valence-electron chi connectivity index (χ4n) is 1.36. The van der Waals surface area contributed by atoms with Gasteiger partial charge >= 0.3 is 5.97 Å². The molecule has 0 bridgehead atoms. The fourth-order valence-corrected chi connectivity index (χ4v) is 1.55. The molecule has 100 valence electrons. The lowest BCUT2D eigenvalue weighted by Gasteiger charge is -1.99. The lowest BCUT2D eigenvalue weighted by atomic mass is 10.2. The highest BCUT2D eigenvalue weighted by atomic mass is 35.5. The molecule has 0 saturated heterocycles. The molecule has 0 atom stereocenters. The molecule has 2 heterocycles. The summed E-state index contributed by atoms with van der Waals surface area (Å²) in [4.78, 5) is 23.0. The molecule has 0 saturated carbocycles. The minimum Gasteiger partial charge on any atom is -0.465 e. The number of halogens is 1. The van der Waals surface area contributed by atoms with Crippen LogP contribution in [0.1, 0.15) is 21.6 Å². The number of nitrogens with two attached hydrogens (primary N) is 1. The van der Waals surface area contributed by atoms with Crippen molar-refractivity contribution in [2.45, 2.75) is 0 Å². The van der Waals surface area contributed by atoms with Crippen LogP contribution < -0.4 is 5.73 Å². The Labute approximate surface area is 120 Å². The summed E-state index contributed by atoms with van der Waals surface area (Å²) >= 11 is 5.87. The number of rotatable bonds is 1. The maximum atomic E-state index is 11.4. The summed E-state index contributed by atoms with van der Waals surface area (Å²) in [7, 11) is 1.30. The van der Waals surface area contributed by atoms with Gasteiger partial charge in [-0.2, -0.15) is 0 Å². The molecule has 0 aliphatic rings. The van der Waals surface area contributed by atoms with E-state index in [1.165, 1.54) is 31.8 Å². The van der Waals surface area contributed by atoms with Crippen LogP contribution in [0.4, 0.5) is 5.82 Å². The lowest BCUT2D eigenvalue weighted by Crippen LogP contribution is -2.02. The third-order valence-electron chi connectivity index (χ3n) is 2.33. The van der Waals surface area contributed by atoms with Gasteiger partial charge < -0.3 is 10.5 Å². The van der Waals surface area contributed by atoms with Gasteiger partial charge in [0.2, 0.25) is 0 Å². The SMILES string of the molecule is COC(=O)c1ccnc(C#Cc2c(N)ncnc2Cl)c1. The first kappa shape index (κ1) is 13.8. The first-order valence-corrected chi connectivity index (χ1v) is 5.82. The van der Waals surface area contributed by atoms with E-state index in [1.807, 2.05) is 0 Å². The van der Waals surface area contributed by atoms with Crippen LogP contribution in [0.2, 0.25) is 5.15 Å². The summed E-state index contributed by atoms with van der Waals surface area (Å²) in [6, 6.07) is 3.04. The number of esters is 1. The van der Waals surface area contributed by atoms with Crippen molar-refractivity contribution in [2.24, 2.45) is 0 Å². The third-order valence-corrected chi connectivity index (χ3v) is 2.61. The molecule has 0 fully saturated rings. The Bertz CT molecular complexity index is 702. The Balaban J connectivity index is 2.36. The van der Waals surface area contributed by atoms with Crippen LogP contribution in [0.15, 0.2) is 24.7 Å². The third kappa shape index (κ3) is 3.02. The van der Waals surface area contributed by atoms with Gasteiger partial charge in [-0.1, -0.05) is 17.5 Å². The van der Waals surface area contributed by atoms with Crippen molar-refractivity contribution in [1.29, 1.82) is 0 Å². The van der Waals surface area contributed by atoms with Crippen molar-refractivity contribution >= 4 is 23.4 Å². The van der Waals surface area contributed by atoms with Crippen molar-refractivity contribution in [2.75, 3.05) is 12.8 Å². The minimum absolute atomic E-state index is 0.161. The van der Waals surface area contributed by atoms with E-state index in [4.69, 9.17) is 17.3 Å². The number of carbonyl (C=O) groups is 1. The predicted molar refractivity (Wildman–Crippen MR) is 73.0 cm³/mol. The molecular weight excluding hydrogens is 280 g/mol. The van der Waals surface area contributed by atoms with E-state index < -0.39 is 5.97 Å². The summed E-state index contributed by atoms with van der Waals surface area (Å²) in [5.74, 6) is 5.20. The van der Waals surface area contributed by atoms with E-state index in [-0.39, 0.29) is 11.0 Å². The first-order valence-electron chi connectivity index (χ1n) is 5.44. The van der Waals surface area contributed by atoms with E-state index in [2.05, 4.69) is 31.5 Å².